The molecule has 3 aromatic heterocycles. The van der Waals surface area contributed by atoms with Crippen molar-refractivity contribution in [1.29, 1.82) is 0 Å². The molecule has 0 radical (unpaired) electrons. The predicted molar refractivity (Wildman–Crippen MR) is 174 cm³/mol. The molecule has 4 bridgehead atoms. The van der Waals surface area contributed by atoms with E-state index in [4.69, 9.17) is 9.97 Å². The third kappa shape index (κ3) is 6.46. The molecule has 0 aromatic carbocycles. The molecule has 3 atom stereocenters. The molecule has 5 heterocycles. The van der Waals surface area contributed by atoms with Crippen molar-refractivity contribution in [1.82, 2.24) is 19.7 Å². The lowest BCUT2D eigenvalue weighted by atomic mass is 9.82. The molecule has 44 heavy (non-hydrogen) atoms. The van der Waals surface area contributed by atoms with Crippen LogP contribution in [0.5, 0.6) is 0 Å². The van der Waals surface area contributed by atoms with Crippen LogP contribution in [0.2, 0.25) is 0 Å². The minimum Gasteiger partial charge on any atom is -0.362 e. The van der Waals surface area contributed by atoms with Gasteiger partial charge in [-0.2, -0.15) is 8.42 Å². The number of hydrogen-bond acceptors (Lipinski definition) is 8. The highest BCUT2D eigenvalue weighted by molar-refractivity contribution is 7.90. The van der Waals surface area contributed by atoms with Gasteiger partial charge in [-0.25, -0.2) is 14.7 Å². The lowest BCUT2D eigenvalue weighted by Crippen LogP contribution is -2.41. The quantitative estimate of drug-likeness (QED) is 0.323. The second-order valence-electron chi connectivity index (χ2n) is 15.1. The molecule has 2 N–H and O–H groups in total. The van der Waals surface area contributed by atoms with Crippen LogP contribution < -0.4 is 14.9 Å². The SMILES string of the molecule is C[C@H]1CC(c2cc(C(C)(C)C)ccn2)Nc2cccc(n2)S(=O)(=O)NC(=O)c2ccc(C(C)(C)C)nc2N2C[C@@H]1CC2(C)C. The minimum absolute atomic E-state index is 0.0597. The molecule has 1 unspecified atom stereocenters. The molecule has 9 nitrogen and oxygen atoms in total. The Morgan fingerprint density at radius 1 is 0.977 bits per heavy atom. The molecular weight excluding hydrogens is 572 g/mol. The number of sulfonamides is 1. The highest BCUT2D eigenvalue weighted by atomic mass is 32.2. The Bertz CT molecular complexity index is 1670. The molecule has 3 aromatic rings. The zero-order valence-electron chi connectivity index (χ0n) is 27.4. The van der Waals surface area contributed by atoms with E-state index in [2.05, 4.69) is 88.3 Å². The summed E-state index contributed by atoms with van der Waals surface area (Å²) in [5, 5.41) is 3.27. The number of pyridine rings is 3. The van der Waals surface area contributed by atoms with Crippen molar-refractivity contribution in [2.75, 3.05) is 16.8 Å². The van der Waals surface area contributed by atoms with Crippen molar-refractivity contribution < 1.29 is 13.2 Å². The fourth-order valence-corrected chi connectivity index (χ4v) is 7.21. The van der Waals surface area contributed by atoms with E-state index in [-0.39, 0.29) is 38.9 Å². The van der Waals surface area contributed by atoms with Crippen LogP contribution in [0.3, 0.4) is 0 Å². The summed E-state index contributed by atoms with van der Waals surface area (Å²) < 4.78 is 29.3. The summed E-state index contributed by atoms with van der Waals surface area (Å²) in [5.41, 5.74) is 2.48. The van der Waals surface area contributed by atoms with Crippen LogP contribution in [0.1, 0.15) is 109 Å². The zero-order valence-corrected chi connectivity index (χ0v) is 28.2. The van der Waals surface area contributed by atoms with Gasteiger partial charge in [0.05, 0.1) is 17.3 Å². The third-order valence-corrected chi connectivity index (χ3v) is 10.2. The summed E-state index contributed by atoms with van der Waals surface area (Å²) in [6.07, 6.45) is 3.50. The van der Waals surface area contributed by atoms with E-state index in [0.717, 1.165) is 24.2 Å². The number of nitrogens with one attached hydrogen (secondary N) is 2. The molecular formula is C34H46N6O3S. The van der Waals surface area contributed by atoms with Gasteiger partial charge >= 0.3 is 0 Å². The molecule has 0 saturated carbocycles. The Hall–Kier alpha value is -3.53. The standard InChI is InChI=1S/C34H46N6O3S/c1-21-17-26(25-18-23(15-16-35-25)32(2,3)4)36-28-11-10-12-29(38-28)44(42,43)39-31(41)24-13-14-27(33(5,6)7)37-30(24)40-20-22(21)19-34(40,8)9/h10-16,18,21-22,26H,17,19-20H2,1-9H3,(H,36,38)(H,39,41)/t21-,22-,26?/m0/s1. The van der Waals surface area contributed by atoms with Crippen LogP contribution in [-0.2, 0) is 20.9 Å². The highest BCUT2D eigenvalue weighted by Crippen LogP contribution is 2.43. The second-order valence-corrected chi connectivity index (χ2v) is 16.8. The molecule has 5 rings (SSSR count). The molecule has 236 valence electrons. The topological polar surface area (TPSA) is 117 Å². The summed E-state index contributed by atoms with van der Waals surface area (Å²) in [6, 6.07) is 12.3. The van der Waals surface area contributed by atoms with Gasteiger partial charge in [-0.1, -0.05) is 54.5 Å². The minimum atomic E-state index is -4.28. The number of carbonyl (C=O) groups excluding carboxylic acids is 1. The number of nitrogens with zero attached hydrogens (tertiary/aromatic N) is 4. The summed E-state index contributed by atoms with van der Waals surface area (Å²) in [5.74, 6) is 0.744. The van der Waals surface area contributed by atoms with Crippen LogP contribution in [0.15, 0.2) is 53.7 Å². The van der Waals surface area contributed by atoms with E-state index in [1.807, 2.05) is 18.3 Å². The first-order valence-corrected chi connectivity index (χ1v) is 16.9. The van der Waals surface area contributed by atoms with Gasteiger partial charge in [0.15, 0.2) is 5.03 Å². The van der Waals surface area contributed by atoms with Crippen molar-refractivity contribution in [3.63, 3.8) is 0 Å². The van der Waals surface area contributed by atoms with Crippen molar-refractivity contribution in [2.45, 2.75) is 103 Å². The largest absolute Gasteiger partial charge is 0.362 e. The van der Waals surface area contributed by atoms with Crippen molar-refractivity contribution in [3.8, 4) is 0 Å². The average molecular weight is 619 g/mol. The Morgan fingerprint density at radius 2 is 1.70 bits per heavy atom. The smallest absolute Gasteiger partial charge is 0.281 e. The highest BCUT2D eigenvalue weighted by Gasteiger charge is 2.43. The van der Waals surface area contributed by atoms with Gasteiger partial charge in [-0.05, 0) is 85.9 Å². The first-order chi connectivity index (χ1) is 20.3. The molecule has 1 saturated heterocycles. The Labute approximate surface area is 262 Å². The predicted octanol–water partition coefficient (Wildman–Crippen LogP) is 6.38. The normalized spacial score (nSPS) is 23.5. The average Bonchev–Trinajstić information content (AvgIpc) is 3.26. The number of carbonyl (C=O) groups is 1. The fraction of sp³-hybridized carbons (Fsp3) is 0.529. The maximum absolute atomic E-state index is 13.7. The van der Waals surface area contributed by atoms with E-state index in [1.165, 1.54) is 11.6 Å². The van der Waals surface area contributed by atoms with Crippen LogP contribution in [0.4, 0.5) is 11.6 Å². The second kappa shape index (κ2) is 11.1. The van der Waals surface area contributed by atoms with Gasteiger partial charge < -0.3 is 10.2 Å². The molecule has 0 aliphatic carbocycles. The van der Waals surface area contributed by atoms with E-state index >= 15 is 0 Å². The van der Waals surface area contributed by atoms with Crippen LogP contribution in [0, 0.1) is 11.8 Å². The maximum atomic E-state index is 13.7. The summed E-state index contributed by atoms with van der Waals surface area (Å²) >= 11 is 0. The lowest BCUT2D eigenvalue weighted by molar-refractivity contribution is 0.0981. The van der Waals surface area contributed by atoms with Crippen molar-refractivity contribution >= 4 is 27.6 Å². The first kappa shape index (κ1) is 31.9. The number of hydrogen-bond donors (Lipinski definition) is 2. The third-order valence-electron chi connectivity index (χ3n) is 9.02. The Balaban J connectivity index is 1.66. The summed E-state index contributed by atoms with van der Waals surface area (Å²) in [4.78, 5) is 30.1. The number of amides is 1. The Morgan fingerprint density at radius 3 is 2.39 bits per heavy atom. The molecule has 2 aliphatic rings. The molecule has 1 fully saturated rings. The van der Waals surface area contributed by atoms with Crippen LogP contribution >= 0.6 is 0 Å². The van der Waals surface area contributed by atoms with Gasteiger partial charge in [0.1, 0.15) is 11.6 Å². The molecule has 1 amide bonds. The van der Waals surface area contributed by atoms with Gasteiger partial charge in [0.25, 0.3) is 15.9 Å². The fourth-order valence-electron chi connectivity index (χ4n) is 6.28. The number of anilines is 2. The van der Waals surface area contributed by atoms with Crippen molar-refractivity contribution in [3.05, 3.63) is 71.2 Å². The molecule has 10 heteroatoms. The van der Waals surface area contributed by atoms with E-state index < -0.39 is 15.9 Å². The summed E-state index contributed by atoms with van der Waals surface area (Å²) in [7, 11) is -4.28. The molecule has 2 aliphatic heterocycles. The lowest BCUT2D eigenvalue weighted by Gasteiger charge is -2.34. The van der Waals surface area contributed by atoms with Crippen LogP contribution in [0.25, 0.3) is 0 Å². The maximum Gasteiger partial charge on any atom is 0.281 e. The van der Waals surface area contributed by atoms with Gasteiger partial charge in [0, 0.05) is 29.4 Å². The van der Waals surface area contributed by atoms with Gasteiger partial charge in [-0.3, -0.25) is 9.78 Å². The van der Waals surface area contributed by atoms with E-state index in [9.17, 15) is 13.2 Å². The number of aromatic nitrogens is 3. The number of fused-ring (bicyclic) bond motifs is 6. The zero-order chi connectivity index (χ0) is 32.2. The number of rotatable bonds is 1. The summed E-state index contributed by atoms with van der Waals surface area (Å²) in [6.45, 7) is 20.1. The van der Waals surface area contributed by atoms with Crippen molar-refractivity contribution in [2.24, 2.45) is 11.8 Å². The van der Waals surface area contributed by atoms with Crippen LogP contribution in [-0.4, -0.2) is 41.4 Å². The van der Waals surface area contributed by atoms with Gasteiger partial charge in [0.2, 0.25) is 0 Å². The van der Waals surface area contributed by atoms with E-state index in [0.29, 0.717) is 24.1 Å². The van der Waals surface area contributed by atoms with Gasteiger partial charge in [-0.15, -0.1) is 0 Å². The first-order valence-electron chi connectivity index (χ1n) is 15.4. The van der Waals surface area contributed by atoms with E-state index in [1.54, 1.807) is 18.2 Å². The monoisotopic (exact) mass is 618 g/mol. The molecule has 0 spiro atoms. The Kier molecular flexibility index (Phi) is 8.06.